The number of sulfonamides is 1. The molecule has 1 heterocycles. The highest BCUT2D eigenvalue weighted by atomic mass is 79.9. The van der Waals surface area contributed by atoms with E-state index >= 15 is 0 Å². The summed E-state index contributed by atoms with van der Waals surface area (Å²) in [5, 5.41) is 0. The van der Waals surface area contributed by atoms with Crippen LogP contribution in [0.4, 0.5) is 0 Å². The molecule has 0 spiro atoms. The maximum absolute atomic E-state index is 12.3. The Balaban J connectivity index is 0.00000361. The fourth-order valence-corrected chi connectivity index (χ4v) is 3.92. The zero-order chi connectivity index (χ0) is 14.7. The summed E-state index contributed by atoms with van der Waals surface area (Å²) in [4.78, 5) is 4.00. The molecule has 0 saturated carbocycles. The third kappa shape index (κ3) is 5.65. The van der Waals surface area contributed by atoms with Gasteiger partial charge in [-0.1, -0.05) is 13.8 Å². The van der Waals surface area contributed by atoms with Crippen LogP contribution in [0.5, 0.6) is 0 Å². The van der Waals surface area contributed by atoms with E-state index in [4.69, 9.17) is 5.73 Å². The van der Waals surface area contributed by atoms with Crippen molar-refractivity contribution in [1.82, 2.24) is 9.71 Å². The maximum atomic E-state index is 12.3. The Morgan fingerprint density at radius 1 is 1.45 bits per heavy atom. The van der Waals surface area contributed by atoms with Crippen LogP contribution in [0.15, 0.2) is 27.8 Å². The second kappa shape index (κ2) is 7.70. The minimum Gasteiger partial charge on any atom is -0.329 e. The van der Waals surface area contributed by atoms with Crippen LogP contribution in [0.2, 0.25) is 0 Å². The number of aromatic nitrogens is 1. The van der Waals surface area contributed by atoms with E-state index in [1.54, 1.807) is 0 Å². The quantitative estimate of drug-likeness (QED) is 0.785. The number of nitrogens with zero attached hydrogens (tertiary/aromatic N) is 1. The number of pyridine rings is 1. The molecule has 0 aliphatic carbocycles. The summed E-state index contributed by atoms with van der Waals surface area (Å²) in [5.41, 5.74) is 5.06. The predicted molar refractivity (Wildman–Crippen MR) is 86.4 cm³/mol. The van der Waals surface area contributed by atoms with Crippen LogP contribution in [0.1, 0.15) is 27.2 Å². The van der Waals surface area contributed by atoms with Gasteiger partial charge in [-0.05, 0) is 41.3 Å². The normalized spacial score (nSPS) is 14.7. The molecule has 1 atom stereocenters. The van der Waals surface area contributed by atoms with Crippen molar-refractivity contribution in [3.63, 3.8) is 0 Å². The van der Waals surface area contributed by atoms with E-state index in [9.17, 15) is 8.42 Å². The average Bonchev–Trinajstić information content (AvgIpc) is 2.27. The van der Waals surface area contributed by atoms with Crippen molar-refractivity contribution in [2.75, 3.05) is 6.54 Å². The molecule has 116 valence electrons. The molecule has 3 N–H and O–H groups in total. The van der Waals surface area contributed by atoms with Gasteiger partial charge in [0, 0.05) is 29.0 Å². The van der Waals surface area contributed by atoms with Crippen molar-refractivity contribution in [3.8, 4) is 0 Å². The first-order chi connectivity index (χ1) is 8.68. The molecule has 0 radical (unpaired) electrons. The maximum Gasteiger partial charge on any atom is 0.242 e. The van der Waals surface area contributed by atoms with E-state index in [1.807, 2.05) is 20.8 Å². The standard InChI is InChI=1S/C12H20BrN3O2S.ClH/c1-9(2)5-12(3,8-14)16-19(17,18)11-4-10(13)6-15-7-11;/h4,6-7,9,16H,5,8,14H2,1-3H3;1H. The summed E-state index contributed by atoms with van der Waals surface area (Å²) >= 11 is 3.21. The lowest BCUT2D eigenvalue weighted by atomic mass is 9.92. The molecule has 5 nitrogen and oxygen atoms in total. The van der Waals surface area contributed by atoms with Gasteiger partial charge in [0.1, 0.15) is 4.90 Å². The lowest BCUT2D eigenvalue weighted by molar-refractivity contribution is 0.344. The van der Waals surface area contributed by atoms with Crippen molar-refractivity contribution in [1.29, 1.82) is 0 Å². The monoisotopic (exact) mass is 385 g/mol. The zero-order valence-electron chi connectivity index (χ0n) is 11.8. The molecule has 8 heteroatoms. The zero-order valence-corrected chi connectivity index (χ0v) is 15.0. The Kier molecular flexibility index (Phi) is 7.62. The molecule has 0 amide bonds. The Morgan fingerprint density at radius 2 is 2.05 bits per heavy atom. The van der Waals surface area contributed by atoms with Crippen molar-refractivity contribution in [2.24, 2.45) is 11.7 Å². The van der Waals surface area contributed by atoms with Gasteiger partial charge in [0.15, 0.2) is 0 Å². The Morgan fingerprint density at radius 3 is 2.50 bits per heavy atom. The third-order valence-corrected chi connectivity index (χ3v) is 4.72. The van der Waals surface area contributed by atoms with Gasteiger partial charge in [0.05, 0.1) is 0 Å². The largest absolute Gasteiger partial charge is 0.329 e. The molecule has 0 bridgehead atoms. The van der Waals surface area contributed by atoms with Gasteiger partial charge < -0.3 is 5.73 Å². The minimum absolute atomic E-state index is 0. The summed E-state index contributed by atoms with van der Waals surface area (Å²) in [7, 11) is -3.62. The molecule has 0 aliphatic rings. The van der Waals surface area contributed by atoms with Gasteiger partial charge in [-0.15, -0.1) is 12.4 Å². The smallest absolute Gasteiger partial charge is 0.242 e. The number of halogens is 2. The molecule has 20 heavy (non-hydrogen) atoms. The summed E-state index contributed by atoms with van der Waals surface area (Å²) in [6, 6.07) is 1.52. The second-order valence-electron chi connectivity index (χ2n) is 5.31. The summed E-state index contributed by atoms with van der Waals surface area (Å²) in [6.45, 7) is 6.12. The van der Waals surface area contributed by atoms with Gasteiger partial charge in [0.25, 0.3) is 0 Å². The van der Waals surface area contributed by atoms with Crippen LogP contribution in [0.3, 0.4) is 0 Å². The van der Waals surface area contributed by atoms with Gasteiger partial charge in [0.2, 0.25) is 10.0 Å². The molecule has 1 aromatic heterocycles. The minimum atomic E-state index is -3.62. The highest BCUT2D eigenvalue weighted by molar-refractivity contribution is 9.10. The highest BCUT2D eigenvalue weighted by Crippen LogP contribution is 2.20. The first-order valence-electron chi connectivity index (χ1n) is 6.03. The van der Waals surface area contributed by atoms with Crippen molar-refractivity contribution < 1.29 is 8.42 Å². The molecule has 0 saturated heterocycles. The molecular weight excluding hydrogens is 366 g/mol. The molecule has 1 unspecified atom stereocenters. The lowest BCUT2D eigenvalue weighted by Gasteiger charge is -2.30. The Bertz CT molecular complexity index is 539. The first-order valence-corrected chi connectivity index (χ1v) is 8.31. The van der Waals surface area contributed by atoms with Crippen molar-refractivity contribution >= 4 is 38.4 Å². The number of hydrogen-bond acceptors (Lipinski definition) is 4. The van der Waals surface area contributed by atoms with E-state index < -0.39 is 15.6 Å². The fraction of sp³-hybridized carbons (Fsp3) is 0.583. The van der Waals surface area contributed by atoms with Crippen LogP contribution >= 0.6 is 28.3 Å². The summed E-state index contributed by atoms with van der Waals surface area (Å²) < 4.78 is 27.9. The lowest BCUT2D eigenvalue weighted by Crippen LogP contribution is -2.52. The van der Waals surface area contributed by atoms with Gasteiger partial charge in [-0.25, -0.2) is 13.1 Å². The number of nitrogens with one attached hydrogen (secondary N) is 1. The van der Waals surface area contributed by atoms with Crippen molar-refractivity contribution in [3.05, 3.63) is 22.9 Å². The average molecular weight is 387 g/mol. The number of rotatable bonds is 6. The van der Waals surface area contributed by atoms with Gasteiger partial charge in [-0.2, -0.15) is 0 Å². The van der Waals surface area contributed by atoms with Gasteiger partial charge >= 0.3 is 0 Å². The second-order valence-corrected chi connectivity index (χ2v) is 7.91. The van der Waals surface area contributed by atoms with E-state index in [2.05, 4.69) is 25.6 Å². The van der Waals surface area contributed by atoms with Crippen LogP contribution in [-0.4, -0.2) is 25.5 Å². The molecule has 1 rings (SSSR count). The number of hydrogen-bond donors (Lipinski definition) is 2. The SMILES string of the molecule is CC(C)CC(C)(CN)NS(=O)(=O)c1cncc(Br)c1.Cl. The van der Waals surface area contributed by atoms with Crippen molar-refractivity contribution in [2.45, 2.75) is 37.6 Å². The van der Waals surface area contributed by atoms with E-state index in [0.29, 0.717) is 16.8 Å². The van der Waals surface area contributed by atoms with Gasteiger partial charge in [-0.3, -0.25) is 4.98 Å². The Labute approximate surface area is 135 Å². The summed E-state index contributed by atoms with van der Waals surface area (Å²) in [5.74, 6) is 0.344. The topological polar surface area (TPSA) is 85.1 Å². The van der Waals surface area contributed by atoms with Crippen LogP contribution in [0, 0.1) is 5.92 Å². The van der Waals surface area contributed by atoms with E-state index in [1.165, 1.54) is 18.5 Å². The predicted octanol–water partition coefficient (Wildman–Crippen LogP) is 2.31. The number of nitrogens with two attached hydrogens (primary N) is 1. The van der Waals surface area contributed by atoms with Crippen LogP contribution in [-0.2, 0) is 10.0 Å². The highest BCUT2D eigenvalue weighted by Gasteiger charge is 2.30. The first kappa shape index (κ1) is 19.8. The van der Waals surface area contributed by atoms with E-state index in [0.717, 1.165) is 0 Å². The molecule has 1 aromatic rings. The van der Waals surface area contributed by atoms with Crippen LogP contribution < -0.4 is 10.5 Å². The Hall–Kier alpha value is -0.210. The summed E-state index contributed by atoms with van der Waals surface area (Å²) in [6.07, 6.45) is 3.53. The van der Waals surface area contributed by atoms with E-state index in [-0.39, 0.29) is 23.8 Å². The third-order valence-electron chi connectivity index (χ3n) is 2.68. The molecule has 0 aromatic carbocycles. The molecule has 0 aliphatic heterocycles. The molecular formula is C12H21BrClN3O2S. The molecule has 0 fully saturated rings. The van der Waals surface area contributed by atoms with Crippen LogP contribution in [0.25, 0.3) is 0 Å². The fourth-order valence-electron chi connectivity index (χ4n) is 1.99.